The van der Waals surface area contributed by atoms with Gasteiger partial charge >= 0.3 is 12.6 Å². The monoisotopic (exact) mass is 768 g/mol. The smallest absolute Gasteiger partial charge is 0.478 e. The van der Waals surface area contributed by atoms with Gasteiger partial charge in [-0.3, -0.25) is 0 Å². The van der Waals surface area contributed by atoms with Gasteiger partial charge in [0.2, 0.25) is 0 Å². The van der Waals surface area contributed by atoms with E-state index in [0.717, 1.165) is 50.1 Å². The summed E-state index contributed by atoms with van der Waals surface area (Å²) in [6.45, 7) is 26.0. The quantitative estimate of drug-likeness (QED) is 0.0975. The van der Waals surface area contributed by atoms with Crippen LogP contribution in [-0.4, -0.2) is 62.4 Å². The maximum absolute atomic E-state index is 10.5. The van der Waals surface area contributed by atoms with Crippen LogP contribution in [0.25, 0.3) is 0 Å². The molecule has 3 saturated heterocycles. The molecule has 0 aromatic rings. The van der Waals surface area contributed by atoms with Crippen molar-refractivity contribution in [1.29, 1.82) is 0 Å². The summed E-state index contributed by atoms with van der Waals surface area (Å²) in [5.74, 6) is 0.141. The molecular weight excluding hydrogens is 693 g/mol. The minimum absolute atomic E-state index is 0.260. The zero-order chi connectivity index (χ0) is 41.0. The minimum Gasteiger partial charge on any atom is -0.478 e. The Bertz CT molecular complexity index is 1220. The van der Waals surface area contributed by atoms with Crippen molar-refractivity contribution in [3.8, 4) is 0 Å². The number of epoxide rings is 3. The number of ether oxygens (including phenoxy) is 4. The van der Waals surface area contributed by atoms with E-state index in [1.54, 1.807) is 13.0 Å². The normalized spacial score (nSPS) is 28.4. The molecule has 0 aromatic heterocycles. The van der Waals surface area contributed by atoms with Gasteiger partial charge in [-0.15, -0.1) is 0 Å². The largest absolute Gasteiger partial charge is 0.487 e. The molecule has 9 heteroatoms. The number of fused-ring (bicyclic) bond motifs is 2. The van der Waals surface area contributed by atoms with Crippen molar-refractivity contribution in [2.45, 2.75) is 159 Å². The van der Waals surface area contributed by atoms with Crippen LogP contribution in [0, 0.1) is 28.8 Å². The summed E-state index contributed by atoms with van der Waals surface area (Å²) >= 11 is 0. The Hall–Kier alpha value is -2.20. The number of halogens is 3. The average molecular weight is 768 g/mol. The standard InChI is InChI=1S/C20H28O2.C10H18.C7H14O2.C4H8O.C3H6O.CF3/c1-15(8-6-9-16(2)14-19(21)22)11-12-18-17(3)10-7-13-20(18,4)5;1-9(2)8-4-6-10(9,3)7-5-8;1-2-3-4-8-5-7-6-9-7;1-2-4-3-5-4;1-3-2-4-3;2-1(3)4/h6,8-9,11-12,14H,7,10,13H2,1-5H3,(H,21,22);8H,4-7H2,1-3H3;7H,2-6H2,1H3;4H,2-3H2,1H3;3H,2H2,1H3;/b9-6+,12-11+,15-8+,16-14-;;;;;. The molecule has 6 aliphatic rings. The van der Waals surface area contributed by atoms with Gasteiger partial charge in [0.15, 0.2) is 0 Å². The molecule has 3 heterocycles. The van der Waals surface area contributed by atoms with E-state index < -0.39 is 12.6 Å². The summed E-state index contributed by atoms with van der Waals surface area (Å²) in [6, 6.07) is 0. The van der Waals surface area contributed by atoms with Gasteiger partial charge < -0.3 is 24.1 Å². The highest BCUT2D eigenvalue weighted by molar-refractivity contribution is 5.81. The number of hydrogen-bond donors (Lipinski definition) is 1. The van der Waals surface area contributed by atoms with Gasteiger partial charge in [-0.2, -0.15) is 13.2 Å². The summed E-state index contributed by atoms with van der Waals surface area (Å²) in [5, 5.41) is 8.65. The lowest BCUT2D eigenvalue weighted by Crippen LogP contribution is -2.26. The first-order valence-electron chi connectivity index (χ1n) is 20.2. The lowest BCUT2D eigenvalue weighted by Gasteiger charge is -2.34. The number of carboxylic acid groups (broad SMARTS) is 1. The number of rotatable bonds is 11. The van der Waals surface area contributed by atoms with Crippen LogP contribution in [0.3, 0.4) is 0 Å². The van der Waals surface area contributed by atoms with Crippen molar-refractivity contribution in [3.63, 3.8) is 0 Å². The molecule has 0 aromatic carbocycles. The number of carboxylic acids is 1. The first-order valence-corrected chi connectivity index (χ1v) is 20.2. The third-order valence-electron chi connectivity index (χ3n) is 11.5. The van der Waals surface area contributed by atoms with E-state index in [4.69, 9.17) is 24.1 Å². The molecule has 0 amide bonds. The van der Waals surface area contributed by atoms with E-state index in [-0.39, 0.29) is 5.41 Å². The molecule has 3 unspecified atom stereocenters. The Balaban J connectivity index is 0.000000372. The Morgan fingerprint density at radius 3 is 1.81 bits per heavy atom. The zero-order valence-electron chi connectivity index (χ0n) is 35.5. The van der Waals surface area contributed by atoms with Crippen molar-refractivity contribution in [2.24, 2.45) is 22.2 Å². The summed E-state index contributed by atoms with van der Waals surface area (Å²) in [6.07, 6.45) is 26.2. The van der Waals surface area contributed by atoms with Gasteiger partial charge in [-0.25, -0.2) is 4.79 Å². The molecule has 1 radical (unpaired) electrons. The summed E-state index contributed by atoms with van der Waals surface area (Å²) in [5.41, 5.74) is 6.46. The van der Waals surface area contributed by atoms with Gasteiger partial charge in [0.1, 0.15) is 6.10 Å². The third-order valence-corrected chi connectivity index (χ3v) is 11.5. The van der Waals surface area contributed by atoms with E-state index in [1.165, 1.54) is 81.4 Å². The van der Waals surface area contributed by atoms with Gasteiger partial charge in [0.05, 0.1) is 38.6 Å². The molecule has 2 saturated carbocycles. The first-order chi connectivity index (χ1) is 25.3. The molecule has 3 aliphatic heterocycles. The van der Waals surface area contributed by atoms with Gasteiger partial charge in [0, 0.05) is 12.7 Å². The lowest BCUT2D eigenvalue weighted by atomic mass is 9.71. The van der Waals surface area contributed by atoms with Crippen LogP contribution in [0.1, 0.15) is 140 Å². The number of carbonyl (C=O) groups is 1. The molecule has 54 heavy (non-hydrogen) atoms. The second-order valence-corrected chi connectivity index (χ2v) is 16.9. The number of hydrogen-bond acceptors (Lipinski definition) is 5. The lowest BCUT2D eigenvalue weighted by molar-refractivity contribution is -0.131. The molecule has 3 atom stereocenters. The highest BCUT2D eigenvalue weighted by Crippen LogP contribution is 2.65. The first kappa shape index (κ1) is 49.8. The molecular formula is C45H74F3O6. The highest BCUT2D eigenvalue weighted by atomic mass is 19.4. The molecule has 5 fully saturated rings. The van der Waals surface area contributed by atoms with Crippen molar-refractivity contribution in [3.05, 3.63) is 65.4 Å². The minimum atomic E-state index is -3.08. The third kappa shape index (κ3) is 21.8. The van der Waals surface area contributed by atoms with Crippen LogP contribution < -0.4 is 0 Å². The van der Waals surface area contributed by atoms with Gasteiger partial charge in [-0.05, 0) is 119 Å². The van der Waals surface area contributed by atoms with Crippen LogP contribution >= 0.6 is 0 Å². The SMILES string of the molecule is CC12CCC(CC1)C2(C)C.CC1=C(/C=C/C(C)=C/C=C/C(C)=C\C(=O)O)C(C)(C)CCC1.CC1CO1.CCC1CO1.CCCCOCC1CO1.F[C](F)F. The zero-order valence-corrected chi connectivity index (χ0v) is 35.5. The fourth-order valence-electron chi connectivity index (χ4n) is 7.01. The Morgan fingerprint density at radius 1 is 0.907 bits per heavy atom. The van der Waals surface area contributed by atoms with Crippen LogP contribution in [0.2, 0.25) is 0 Å². The Morgan fingerprint density at radius 2 is 1.46 bits per heavy atom. The predicted octanol–water partition coefficient (Wildman–Crippen LogP) is 12.6. The van der Waals surface area contributed by atoms with E-state index in [9.17, 15) is 18.0 Å². The van der Waals surface area contributed by atoms with E-state index in [2.05, 4.69) is 81.4 Å². The predicted molar refractivity (Wildman–Crippen MR) is 215 cm³/mol. The van der Waals surface area contributed by atoms with E-state index >= 15 is 0 Å². The Labute approximate surface area is 326 Å². The molecule has 3 aliphatic carbocycles. The van der Waals surface area contributed by atoms with Crippen LogP contribution in [0.5, 0.6) is 0 Å². The maximum Gasteiger partial charge on any atom is 0.487 e. The molecule has 0 spiro atoms. The maximum atomic E-state index is 10.5. The molecule has 1 N–H and O–H groups in total. The fraction of sp³-hybridized carbons (Fsp3) is 0.733. The van der Waals surface area contributed by atoms with Gasteiger partial charge in [0.25, 0.3) is 0 Å². The van der Waals surface area contributed by atoms with Crippen LogP contribution in [0.15, 0.2) is 58.7 Å². The average Bonchev–Trinajstić information content (AvgIpc) is 3.96. The van der Waals surface area contributed by atoms with Crippen LogP contribution in [-0.2, 0) is 23.7 Å². The molecule has 2 bridgehead atoms. The number of aliphatic carboxylic acids is 1. The highest BCUT2D eigenvalue weighted by Gasteiger charge is 2.55. The summed E-state index contributed by atoms with van der Waals surface area (Å²) in [7, 11) is 0. The van der Waals surface area contributed by atoms with Gasteiger partial charge in [-0.1, -0.05) is 96.4 Å². The van der Waals surface area contributed by atoms with E-state index in [1.807, 2.05) is 12.2 Å². The van der Waals surface area contributed by atoms with Crippen molar-refractivity contribution in [2.75, 3.05) is 33.0 Å². The molecule has 311 valence electrons. The summed E-state index contributed by atoms with van der Waals surface area (Å²) < 4.78 is 48.6. The van der Waals surface area contributed by atoms with Crippen molar-refractivity contribution >= 4 is 5.97 Å². The summed E-state index contributed by atoms with van der Waals surface area (Å²) in [4.78, 5) is 10.5. The van der Waals surface area contributed by atoms with E-state index in [0.29, 0.717) is 29.1 Å². The number of unbranched alkanes of at least 4 members (excludes halogenated alkanes) is 1. The topological polar surface area (TPSA) is 84.1 Å². The Kier molecular flexibility index (Phi) is 23.2. The molecule has 6 nitrogen and oxygen atoms in total. The van der Waals surface area contributed by atoms with Crippen molar-refractivity contribution < 1.29 is 42.0 Å². The molecule has 6 rings (SSSR count). The van der Waals surface area contributed by atoms with Crippen LogP contribution in [0.4, 0.5) is 13.2 Å². The number of allylic oxidation sites excluding steroid dienone is 9. The second-order valence-electron chi connectivity index (χ2n) is 16.9. The van der Waals surface area contributed by atoms with Crippen molar-refractivity contribution in [1.82, 2.24) is 0 Å². The second kappa shape index (κ2) is 25.1. The fourth-order valence-corrected chi connectivity index (χ4v) is 7.01.